The topological polar surface area (TPSA) is 185 Å². The third kappa shape index (κ3) is 8.71. The number of aliphatic hydroxyl groups is 2. The Morgan fingerprint density at radius 3 is 1.29 bits per heavy atom. The van der Waals surface area contributed by atoms with E-state index in [1.54, 1.807) is 0 Å². The van der Waals surface area contributed by atoms with E-state index in [0.717, 1.165) is 12.1 Å². The summed E-state index contributed by atoms with van der Waals surface area (Å²) in [5.74, 6) is -4.75. The van der Waals surface area contributed by atoms with E-state index in [-0.39, 0.29) is 69.7 Å². The van der Waals surface area contributed by atoms with Gasteiger partial charge in [0.05, 0.1) is 22.2 Å². The largest absolute Gasteiger partial charge is 0.426 e. The molecule has 2 aromatic heterocycles. The third-order valence-electron chi connectivity index (χ3n) is 12.2. The molecule has 2 unspecified atom stereocenters. The molecule has 0 aliphatic heterocycles. The highest BCUT2D eigenvalue weighted by atomic mass is 19.4. The van der Waals surface area contributed by atoms with Crippen LogP contribution in [-0.4, -0.2) is 55.9 Å². The standard InChI is InChI=1S/C23H20F4N2O4.C22H18F4N2O4/c1-13-16-11-14(7-8-15(16)19(30)33-29-13)28-20(31)22(32,23(25,26)27)12-21(9-4-10-21)17-5-2-3-6-18(17)24;1-12-15-10-13(6-7-14(15)18(29)32-28-12)27-19(30)21(31,22(24,25)26)11-20(8-9-20)16-4-2-3-5-17(16)23/h2-3,5-8,11,32H,4,9-10,12H2,1H3,(H,28,31);2-7,10,31H,8-9,11H2,1H3,(H,27,30). The van der Waals surface area contributed by atoms with Gasteiger partial charge < -0.3 is 29.9 Å². The maximum atomic E-state index is 14.4. The van der Waals surface area contributed by atoms with Gasteiger partial charge in [0.15, 0.2) is 0 Å². The third-order valence-corrected chi connectivity index (χ3v) is 12.2. The van der Waals surface area contributed by atoms with Crippen LogP contribution in [0.5, 0.6) is 0 Å². The van der Waals surface area contributed by atoms with Crippen molar-refractivity contribution in [2.75, 3.05) is 10.6 Å². The summed E-state index contributed by atoms with van der Waals surface area (Å²) in [6.07, 6.45) is -11.3. The van der Waals surface area contributed by atoms with Crippen molar-refractivity contribution in [3.05, 3.63) is 140 Å². The van der Waals surface area contributed by atoms with Crippen molar-refractivity contribution in [2.45, 2.75) is 93.2 Å². The zero-order valence-electron chi connectivity index (χ0n) is 34.3. The fourth-order valence-corrected chi connectivity index (χ4v) is 8.30. The number of rotatable bonds is 10. The maximum Gasteiger partial charge on any atom is 0.426 e. The molecule has 0 spiro atoms. The summed E-state index contributed by atoms with van der Waals surface area (Å²) in [5.41, 5.74) is -11.1. The monoisotopic (exact) mass is 914 g/mol. The quantitative estimate of drug-likeness (QED) is 0.0974. The molecule has 12 nitrogen and oxygen atoms in total. The van der Waals surface area contributed by atoms with Gasteiger partial charge in [-0.15, -0.1) is 0 Å². The highest BCUT2D eigenvalue weighted by molar-refractivity contribution is 6.01. The van der Waals surface area contributed by atoms with E-state index in [1.807, 2.05) is 0 Å². The molecule has 0 radical (unpaired) electrons. The van der Waals surface area contributed by atoms with Crippen LogP contribution in [0.15, 0.2) is 104 Å². The molecule has 0 bridgehead atoms. The van der Waals surface area contributed by atoms with Crippen molar-refractivity contribution in [2.24, 2.45) is 0 Å². The minimum Gasteiger partial charge on any atom is -0.373 e. The number of alkyl halides is 6. The van der Waals surface area contributed by atoms with Crippen molar-refractivity contribution in [1.29, 1.82) is 0 Å². The van der Waals surface area contributed by atoms with E-state index in [0.29, 0.717) is 17.8 Å². The normalized spacial score (nSPS) is 17.2. The fraction of sp³-hybridized carbons (Fsp3) is 0.333. The lowest BCUT2D eigenvalue weighted by Crippen LogP contribution is -2.59. The fourth-order valence-electron chi connectivity index (χ4n) is 8.30. The molecule has 2 fully saturated rings. The van der Waals surface area contributed by atoms with Gasteiger partial charge in [-0.2, -0.15) is 26.3 Å². The number of halogens is 8. The molecule has 342 valence electrons. The molecule has 2 aliphatic rings. The van der Waals surface area contributed by atoms with E-state index in [4.69, 9.17) is 0 Å². The van der Waals surface area contributed by atoms with Crippen LogP contribution in [0.3, 0.4) is 0 Å². The highest BCUT2D eigenvalue weighted by Crippen LogP contribution is 2.57. The number of hydrogen-bond donors (Lipinski definition) is 4. The van der Waals surface area contributed by atoms with Gasteiger partial charge in [0, 0.05) is 45.8 Å². The molecule has 4 N–H and O–H groups in total. The van der Waals surface area contributed by atoms with Crippen molar-refractivity contribution in [3.63, 3.8) is 0 Å². The molecule has 2 atom stereocenters. The average molecular weight is 915 g/mol. The summed E-state index contributed by atoms with van der Waals surface area (Å²) in [6.45, 7) is 3.05. The number of carbonyl (C=O) groups is 2. The Labute approximate surface area is 362 Å². The number of nitrogens with zero attached hydrogens (tertiary/aromatic N) is 2. The minimum absolute atomic E-state index is 0.0367. The lowest BCUT2D eigenvalue weighted by molar-refractivity contribution is -0.257. The van der Waals surface area contributed by atoms with E-state index in [2.05, 4.69) is 30.0 Å². The number of aromatic nitrogens is 2. The van der Waals surface area contributed by atoms with E-state index < -0.39 is 81.9 Å². The van der Waals surface area contributed by atoms with Crippen LogP contribution in [0, 0.1) is 25.5 Å². The van der Waals surface area contributed by atoms with Crippen LogP contribution in [0.1, 0.15) is 67.5 Å². The highest BCUT2D eigenvalue weighted by Gasteiger charge is 2.66. The smallest absolute Gasteiger partial charge is 0.373 e. The van der Waals surface area contributed by atoms with Crippen molar-refractivity contribution in [3.8, 4) is 0 Å². The summed E-state index contributed by atoms with van der Waals surface area (Å²) in [7, 11) is 0. The summed E-state index contributed by atoms with van der Waals surface area (Å²) < 4.78 is 122. The van der Waals surface area contributed by atoms with Gasteiger partial charge in [0.1, 0.15) is 11.6 Å². The number of aryl methyl sites for hydroxylation is 2. The van der Waals surface area contributed by atoms with Crippen molar-refractivity contribution in [1.82, 2.24) is 10.3 Å². The van der Waals surface area contributed by atoms with E-state index in [1.165, 1.54) is 86.6 Å². The zero-order valence-corrected chi connectivity index (χ0v) is 34.3. The Morgan fingerprint density at radius 2 is 0.969 bits per heavy atom. The number of benzene rings is 4. The Balaban J connectivity index is 0.000000194. The van der Waals surface area contributed by atoms with Gasteiger partial charge in [0.25, 0.3) is 11.8 Å². The van der Waals surface area contributed by atoms with Gasteiger partial charge in [-0.1, -0.05) is 53.1 Å². The van der Waals surface area contributed by atoms with Crippen molar-refractivity contribution >= 4 is 44.7 Å². The Hall–Kier alpha value is -6.54. The Kier molecular flexibility index (Phi) is 12.0. The summed E-state index contributed by atoms with van der Waals surface area (Å²) in [6, 6.07) is 18.4. The lowest BCUT2D eigenvalue weighted by Gasteiger charge is -2.47. The first-order chi connectivity index (χ1) is 30.4. The van der Waals surface area contributed by atoms with Gasteiger partial charge in [-0.05, 0) is 99.2 Å². The Bertz CT molecular complexity index is 2950. The predicted molar refractivity (Wildman–Crippen MR) is 218 cm³/mol. The Morgan fingerprint density at radius 1 is 0.600 bits per heavy atom. The molecule has 8 rings (SSSR count). The van der Waals surface area contributed by atoms with Crippen LogP contribution in [-0.2, 0) is 20.4 Å². The number of carbonyl (C=O) groups excluding carboxylic acids is 2. The molecule has 2 amide bonds. The SMILES string of the molecule is Cc1noc(=O)c2ccc(NC(=O)C(O)(CC3(c4ccccc4F)CC3)C(F)(F)F)cc12.Cc1noc(=O)c2ccc(NC(=O)C(O)(CC3(c4ccccc4F)CCC3)C(F)(F)F)cc12. The summed E-state index contributed by atoms with van der Waals surface area (Å²) >= 11 is 0. The molecule has 20 heteroatoms. The van der Waals surface area contributed by atoms with Crippen LogP contribution in [0.2, 0.25) is 0 Å². The van der Waals surface area contributed by atoms with Crippen molar-refractivity contribution < 1.29 is 64.0 Å². The van der Waals surface area contributed by atoms with E-state index in [9.17, 15) is 64.5 Å². The lowest BCUT2D eigenvalue weighted by atomic mass is 9.59. The van der Waals surface area contributed by atoms with Crippen LogP contribution < -0.4 is 21.9 Å². The zero-order chi connectivity index (χ0) is 47.3. The molecule has 6 aromatic rings. The predicted octanol–water partition coefficient (Wildman–Crippen LogP) is 8.37. The van der Waals surface area contributed by atoms with Crippen LogP contribution in [0.4, 0.5) is 46.5 Å². The number of hydrogen-bond acceptors (Lipinski definition) is 10. The average Bonchev–Trinajstić information content (AvgIpc) is 4.01. The molecular formula is C45H38F8N4O8. The molecule has 4 aromatic carbocycles. The summed E-state index contributed by atoms with van der Waals surface area (Å²) in [5, 5.41) is 33.4. The van der Waals surface area contributed by atoms with Gasteiger partial charge in [-0.25, -0.2) is 18.4 Å². The van der Waals surface area contributed by atoms with Gasteiger partial charge >= 0.3 is 23.6 Å². The molecular weight excluding hydrogens is 876 g/mol. The number of anilines is 2. The second-order valence-electron chi connectivity index (χ2n) is 16.5. The number of amides is 2. The number of nitrogens with one attached hydrogen (secondary N) is 2. The van der Waals surface area contributed by atoms with Gasteiger partial charge in [0.2, 0.25) is 11.2 Å². The first-order valence-electron chi connectivity index (χ1n) is 20.0. The second kappa shape index (κ2) is 16.8. The maximum absolute atomic E-state index is 14.4. The first kappa shape index (κ1) is 46.5. The summed E-state index contributed by atoms with van der Waals surface area (Å²) in [4.78, 5) is 49.1. The minimum atomic E-state index is -5.32. The van der Waals surface area contributed by atoms with Gasteiger partial charge in [-0.3, -0.25) is 9.59 Å². The molecule has 65 heavy (non-hydrogen) atoms. The molecule has 2 heterocycles. The van der Waals surface area contributed by atoms with E-state index >= 15 is 0 Å². The van der Waals surface area contributed by atoms with Crippen LogP contribution >= 0.6 is 0 Å². The molecule has 2 aliphatic carbocycles. The first-order valence-corrected chi connectivity index (χ1v) is 20.0. The molecule has 2 saturated carbocycles. The van der Waals surface area contributed by atoms with Crippen LogP contribution in [0.25, 0.3) is 21.5 Å². The molecule has 0 saturated heterocycles. The second-order valence-corrected chi connectivity index (χ2v) is 16.5. The number of fused-ring (bicyclic) bond motifs is 2.